The van der Waals surface area contributed by atoms with Crippen LogP contribution in [0.15, 0.2) is 48.8 Å². The average molecular weight is 376 g/mol. The van der Waals surface area contributed by atoms with Crippen molar-refractivity contribution in [2.45, 2.75) is 32.2 Å². The summed E-state index contributed by atoms with van der Waals surface area (Å²) in [5, 5.41) is 14.6. The number of carbonyl (C=O) groups is 1. The Hall–Kier alpha value is -3.06. The van der Waals surface area contributed by atoms with Crippen molar-refractivity contribution >= 4 is 11.6 Å². The number of hydrogen-bond acceptors (Lipinski definition) is 5. The Morgan fingerprint density at radius 2 is 1.79 bits per heavy atom. The normalized spacial score (nSPS) is 14.8. The molecule has 1 saturated heterocycles. The van der Waals surface area contributed by atoms with E-state index >= 15 is 0 Å². The third-order valence-corrected chi connectivity index (χ3v) is 5.17. The average Bonchev–Trinajstić information content (AvgIpc) is 3.12. The van der Waals surface area contributed by atoms with Gasteiger partial charge in [-0.3, -0.25) is 9.78 Å². The van der Waals surface area contributed by atoms with Crippen LogP contribution in [0.3, 0.4) is 0 Å². The van der Waals surface area contributed by atoms with Gasteiger partial charge < -0.3 is 10.6 Å². The minimum Gasteiger partial charge on any atom is -0.321 e. The first-order valence-corrected chi connectivity index (χ1v) is 9.62. The summed E-state index contributed by atoms with van der Waals surface area (Å²) in [6.45, 7) is 3.85. The van der Waals surface area contributed by atoms with E-state index in [1.807, 2.05) is 48.0 Å². The third kappa shape index (κ3) is 4.09. The van der Waals surface area contributed by atoms with E-state index in [9.17, 15) is 4.79 Å². The van der Waals surface area contributed by atoms with Crippen molar-refractivity contribution in [3.05, 3.63) is 71.3 Å². The molecule has 0 radical (unpaired) electrons. The van der Waals surface area contributed by atoms with Crippen LogP contribution < -0.4 is 10.6 Å². The van der Waals surface area contributed by atoms with Crippen LogP contribution >= 0.6 is 0 Å². The molecule has 144 valence electrons. The number of piperidine rings is 1. The molecule has 4 rings (SSSR count). The van der Waals surface area contributed by atoms with Crippen LogP contribution in [0.5, 0.6) is 0 Å². The highest BCUT2D eigenvalue weighted by Crippen LogP contribution is 2.21. The molecule has 0 bridgehead atoms. The molecule has 7 nitrogen and oxygen atoms in total. The molecular weight excluding hydrogens is 352 g/mol. The second-order valence-corrected chi connectivity index (χ2v) is 7.13. The summed E-state index contributed by atoms with van der Waals surface area (Å²) >= 11 is 0. The molecule has 1 aliphatic rings. The number of anilines is 1. The first-order valence-electron chi connectivity index (χ1n) is 9.62. The summed E-state index contributed by atoms with van der Waals surface area (Å²) in [5.41, 5.74) is 4.34. The summed E-state index contributed by atoms with van der Waals surface area (Å²) < 4.78 is 1.90. The van der Waals surface area contributed by atoms with E-state index in [0.29, 0.717) is 11.7 Å². The number of nitrogens with one attached hydrogen (secondary N) is 2. The largest absolute Gasteiger partial charge is 0.321 e. The number of carbonyl (C=O) groups excluding carboxylic acids is 1. The van der Waals surface area contributed by atoms with Gasteiger partial charge in [0.2, 0.25) is 0 Å². The highest BCUT2D eigenvalue weighted by atomic mass is 16.2. The van der Waals surface area contributed by atoms with Crippen molar-refractivity contribution in [1.82, 2.24) is 25.3 Å². The summed E-state index contributed by atoms with van der Waals surface area (Å²) in [6.07, 6.45) is 6.43. The molecule has 2 N–H and O–H groups in total. The predicted molar refractivity (Wildman–Crippen MR) is 107 cm³/mol. The van der Waals surface area contributed by atoms with Gasteiger partial charge in [0.05, 0.1) is 11.7 Å². The van der Waals surface area contributed by atoms with E-state index < -0.39 is 0 Å². The monoisotopic (exact) mass is 376 g/mol. The molecule has 3 heterocycles. The molecule has 0 unspecified atom stereocenters. The van der Waals surface area contributed by atoms with Crippen LogP contribution in [0.1, 0.15) is 46.2 Å². The summed E-state index contributed by atoms with van der Waals surface area (Å²) in [6, 6.07) is 12.2. The minimum absolute atomic E-state index is 0.223. The fourth-order valence-electron chi connectivity index (χ4n) is 3.58. The highest BCUT2D eigenvalue weighted by molar-refractivity contribution is 6.03. The van der Waals surface area contributed by atoms with Crippen LogP contribution in [-0.4, -0.2) is 39.0 Å². The van der Waals surface area contributed by atoms with Crippen LogP contribution in [-0.2, 0) is 6.42 Å². The van der Waals surface area contributed by atoms with Gasteiger partial charge in [-0.15, -0.1) is 5.10 Å². The van der Waals surface area contributed by atoms with E-state index in [4.69, 9.17) is 0 Å². The lowest BCUT2D eigenvalue weighted by Crippen LogP contribution is -2.30. The molecule has 0 saturated carbocycles. The van der Waals surface area contributed by atoms with Gasteiger partial charge in [0.1, 0.15) is 0 Å². The Kier molecular flexibility index (Phi) is 5.43. The zero-order valence-electron chi connectivity index (χ0n) is 15.9. The van der Waals surface area contributed by atoms with E-state index in [2.05, 4.69) is 25.9 Å². The van der Waals surface area contributed by atoms with Gasteiger partial charge in [0, 0.05) is 18.1 Å². The second-order valence-electron chi connectivity index (χ2n) is 7.13. The van der Waals surface area contributed by atoms with Gasteiger partial charge >= 0.3 is 0 Å². The molecule has 1 fully saturated rings. The SMILES string of the molecule is Cc1c(C(=O)Nc2ccc(Cc3ccncc3)cc2)nnn1C1CCNCC1. The van der Waals surface area contributed by atoms with Gasteiger partial charge in [-0.05, 0) is 74.7 Å². The number of aromatic nitrogens is 4. The highest BCUT2D eigenvalue weighted by Gasteiger charge is 2.22. The lowest BCUT2D eigenvalue weighted by Gasteiger charge is -2.23. The van der Waals surface area contributed by atoms with Gasteiger partial charge in [-0.2, -0.15) is 0 Å². The van der Waals surface area contributed by atoms with Gasteiger partial charge in [-0.25, -0.2) is 4.68 Å². The fourth-order valence-corrected chi connectivity index (χ4v) is 3.58. The molecule has 1 amide bonds. The second kappa shape index (κ2) is 8.31. The Bertz CT molecular complexity index is 929. The summed E-state index contributed by atoms with van der Waals surface area (Å²) in [5.74, 6) is -0.223. The molecule has 2 aromatic heterocycles. The van der Waals surface area contributed by atoms with Crippen molar-refractivity contribution in [1.29, 1.82) is 0 Å². The van der Waals surface area contributed by atoms with Gasteiger partial charge in [-0.1, -0.05) is 17.3 Å². The Morgan fingerprint density at radius 1 is 1.11 bits per heavy atom. The van der Waals surface area contributed by atoms with Crippen LogP contribution in [0.2, 0.25) is 0 Å². The van der Waals surface area contributed by atoms with Crippen molar-refractivity contribution in [2.24, 2.45) is 0 Å². The van der Waals surface area contributed by atoms with Crippen molar-refractivity contribution in [3.63, 3.8) is 0 Å². The van der Waals surface area contributed by atoms with Crippen molar-refractivity contribution < 1.29 is 4.79 Å². The summed E-state index contributed by atoms with van der Waals surface area (Å²) in [4.78, 5) is 16.7. The van der Waals surface area contributed by atoms with Crippen molar-refractivity contribution in [3.8, 4) is 0 Å². The van der Waals surface area contributed by atoms with E-state index in [-0.39, 0.29) is 5.91 Å². The number of hydrogen-bond donors (Lipinski definition) is 2. The Morgan fingerprint density at radius 3 is 2.50 bits per heavy atom. The molecule has 28 heavy (non-hydrogen) atoms. The number of pyridine rings is 1. The molecule has 0 atom stereocenters. The van der Waals surface area contributed by atoms with Crippen LogP contribution in [0.4, 0.5) is 5.69 Å². The quantitative estimate of drug-likeness (QED) is 0.715. The molecule has 0 aliphatic carbocycles. The lowest BCUT2D eigenvalue weighted by atomic mass is 10.1. The topological polar surface area (TPSA) is 84.7 Å². The zero-order chi connectivity index (χ0) is 19.3. The van der Waals surface area contributed by atoms with E-state index in [1.165, 1.54) is 11.1 Å². The van der Waals surface area contributed by atoms with E-state index in [0.717, 1.165) is 43.7 Å². The van der Waals surface area contributed by atoms with Crippen molar-refractivity contribution in [2.75, 3.05) is 18.4 Å². The number of benzene rings is 1. The minimum atomic E-state index is -0.223. The molecule has 7 heteroatoms. The standard InChI is InChI=1S/C21H24N6O/c1-15-20(25-26-27(15)19-8-12-23-13-9-19)21(28)24-18-4-2-16(3-5-18)14-17-6-10-22-11-7-17/h2-7,10-11,19,23H,8-9,12-14H2,1H3,(H,24,28). The number of amides is 1. The van der Waals surface area contributed by atoms with Gasteiger partial charge in [0.15, 0.2) is 5.69 Å². The molecule has 3 aromatic rings. The predicted octanol–water partition coefficient (Wildman–Crippen LogP) is 2.75. The van der Waals surface area contributed by atoms with Crippen LogP contribution in [0.25, 0.3) is 0 Å². The lowest BCUT2D eigenvalue weighted by molar-refractivity contribution is 0.102. The third-order valence-electron chi connectivity index (χ3n) is 5.17. The molecular formula is C21H24N6O. The molecule has 1 aromatic carbocycles. The summed E-state index contributed by atoms with van der Waals surface area (Å²) in [7, 11) is 0. The fraction of sp³-hybridized carbons (Fsp3) is 0.333. The Labute approximate surface area is 164 Å². The molecule has 1 aliphatic heterocycles. The maximum absolute atomic E-state index is 12.7. The smallest absolute Gasteiger partial charge is 0.278 e. The number of rotatable bonds is 5. The van der Waals surface area contributed by atoms with E-state index in [1.54, 1.807) is 12.4 Å². The zero-order valence-corrected chi connectivity index (χ0v) is 15.9. The first kappa shape index (κ1) is 18.3. The number of nitrogens with zero attached hydrogens (tertiary/aromatic N) is 4. The first-order chi connectivity index (χ1) is 13.7. The maximum Gasteiger partial charge on any atom is 0.278 e. The van der Waals surface area contributed by atoms with Crippen LogP contribution in [0, 0.1) is 6.92 Å². The maximum atomic E-state index is 12.7. The Balaban J connectivity index is 1.41. The van der Waals surface area contributed by atoms with Gasteiger partial charge in [0.25, 0.3) is 5.91 Å². The molecule has 0 spiro atoms.